The first-order chi connectivity index (χ1) is 10.3. The summed E-state index contributed by atoms with van der Waals surface area (Å²) in [7, 11) is 0. The highest BCUT2D eigenvalue weighted by Crippen LogP contribution is 2.29. The number of phenolic OH excluding ortho intramolecular Hbond substituents is 1. The van der Waals surface area contributed by atoms with Crippen molar-refractivity contribution in [3.05, 3.63) is 42.0 Å². The van der Waals surface area contributed by atoms with Gasteiger partial charge < -0.3 is 10.4 Å². The standard InChI is InChI=1S/C17H21FN2O/c18-6-5-17(20-9-7-19-8-10-20)15-2-1-14-12-16(21)4-3-13(14)11-15/h1-4,11-12,17,19,21H,5-10H2/t17-/m0/s1. The van der Waals surface area contributed by atoms with Gasteiger partial charge in [0.25, 0.3) is 0 Å². The predicted octanol–water partition coefficient (Wildman–Crippen LogP) is 2.85. The molecule has 0 radical (unpaired) electrons. The Balaban J connectivity index is 1.92. The first-order valence-corrected chi connectivity index (χ1v) is 7.51. The summed E-state index contributed by atoms with van der Waals surface area (Å²) in [6.45, 7) is 3.53. The second-order valence-electron chi connectivity index (χ2n) is 5.57. The highest BCUT2D eigenvalue weighted by atomic mass is 19.1. The molecule has 0 saturated carbocycles. The number of nitrogens with one attached hydrogen (secondary N) is 1. The molecule has 2 aromatic carbocycles. The van der Waals surface area contributed by atoms with Crippen molar-refractivity contribution in [2.75, 3.05) is 32.9 Å². The Labute approximate surface area is 124 Å². The second kappa shape index (κ2) is 6.41. The maximum absolute atomic E-state index is 13.0. The predicted molar refractivity (Wildman–Crippen MR) is 83.4 cm³/mol. The summed E-state index contributed by atoms with van der Waals surface area (Å²) in [5, 5.41) is 15.0. The SMILES string of the molecule is Oc1ccc2cc([C@H](CCF)N3CCNCC3)ccc2c1. The van der Waals surface area contributed by atoms with Gasteiger partial charge in [-0.15, -0.1) is 0 Å². The fourth-order valence-corrected chi connectivity index (χ4v) is 3.12. The molecule has 1 aliphatic heterocycles. The molecule has 1 fully saturated rings. The number of phenols is 1. The van der Waals surface area contributed by atoms with Crippen molar-refractivity contribution in [2.45, 2.75) is 12.5 Å². The lowest BCUT2D eigenvalue weighted by Gasteiger charge is -2.35. The molecule has 0 amide bonds. The van der Waals surface area contributed by atoms with E-state index in [9.17, 15) is 9.50 Å². The van der Waals surface area contributed by atoms with Crippen molar-refractivity contribution < 1.29 is 9.50 Å². The van der Waals surface area contributed by atoms with E-state index in [1.807, 2.05) is 12.1 Å². The molecule has 1 aliphatic rings. The van der Waals surface area contributed by atoms with Crippen LogP contribution in [0.2, 0.25) is 0 Å². The van der Waals surface area contributed by atoms with E-state index in [4.69, 9.17) is 0 Å². The normalized spacial score (nSPS) is 18.0. The zero-order valence-electron chi connectivity index (χ0n) is 12.1. The van der Waals surface area contributed by atoms with Gasteiger partial charge >= 0.3 is 0 Å². The highest BCUT2D eigenvalue weighted by Gasteiger charge is 2.22. The van der Waals surface area contributed by atoms with E-state index < -0.39 is 0 Å². The van der Waals surface area contributed by atoms with Crippen LogP contribution in [0.15, 0.2) is 36.4 Å². The number of aromatic hydroxyl groups is 1. The molecule has 0 spiro atoms. The average Bonchev–Trinajstić information content (AvgIpc) is 2.53. The Kier molecular flexibility index (Phi) is 4.36. The molecule has 1 atom stereocenters. The van der Waals surface area contributed by atoms with Gasteiger partial charge in [0.15, 0.2) is 0 Å². The van der Waals surface area contributed by atoms with Gasteiger partial charge in [-0.05, 0) is 41.0 Å². The summed E-state index contributed by atoms with van der Waals surface area (Å²) in [5.41, 5.74) is 1.16. The molecule has 3 nitrogen and oxygen atoms in total. The minimum Gasteiger partial charge on any atom is -0.508 e. The van der Waals surface area contributed by atoms with Crippen LogP contribution in [0.25, 0.3) is 10.8 Å². The van der Waals surface area contributed by atoms with Crippen LogP contribution in [0.5, 0.6) is 5.75 Å². The van der Waals surface area contributed by atoms with Gasteiger partial charge in [0, 0.05) is 32.2 Å². The summed E-state index contributed by atoms with van der Waals surface area (Å²) in [6, 6.07) is 11.7. The number of piperazine rings is 1. The molecule has 2 aromatic rings. The van der Waals surface area contributed by atoms with Crippen LogP contribution in [-0.4, -0.2) is 42.9 Å². The van der Waals surface area contributed by atoms with Gasteiger partial charge in [-0.1, -0.05) is 18.2 Å². The van der Waals surface area contributed by atoms with Crippen LogP contribution in [0.3, 0.4) is 0 Å². The number of hydrogen-bond donors (Lipinski definition) is 2. The van der Waals surface area contributed by atoms with E-state index in [1.165, 1.54) is 0 Å². The number of fused-ring (bicyclic) bond motifs is 1. The van der Waals surface area contributed by atoms with E-state index >= 15 is 0 Å². The number of benzene rings is 2. The lowest BCUT2D eigenvalue weighted by Crippen LogP contribution is -2.45. The number of hydrogen-bond acceptors (Lipinski definition) is 3. The third kappa shape index (κ3) is 3.17. The summed E-state index contributed by atoms with van der Waals surface area (Å²) in [6.07, 6.45) is 0.531. The Morgan fingerprint density at radius 2 is 1.81 bits per heavy atom. The molecule has 3 rings (SSSR count). The van der Waals surface area contributed by atoms with Crippen LogP contribution < -0.4 is 5.32 Å². The molecule has 0 aliphatic carbocycles. The topological polar surface area (TPSA) is 35.5 Å². The number of nitrogens with zero attached hydrogens (tertiary/aromatic N) is 1. The van der Waals surface area contributed by atoms with Crippen molar-refractivity contribution >= 4 is 10.8 Å². The molecular weight excluding hydrogens is 267 g/mol. The zero-order chi connectivity index (χ0) is 14.7. The summed E-state index contributed by atoms with van der Waals surface area (Å²) in [4.78, 5) is 2.36. The van der Waals surface area contributed by atoms with E-state index in [1.54, 1.807) is 12.1 Å². The largest absolute Gasteiger partial charge is 0.508 e. The van der Waals surface area contributed by atoms with Gasteiger partial charge in [0.05, 0.1) is 6.67 Å². The Hall–Kier alpha value is -1.65. The first kappa shape index (κ1) is 14.3. The second-order valence-corrected chi connectivity index (χ2v) is 5.57. The zero-order valence-corrected chi connectivity index (χ0v) is 12.1. The molecule has 1 heterocycles. The van der Waals surface area contributed by atoms with Crippen molar-refractivity contribution in [1.29, 1.82) is 0 Å². The number of alkyl halides is 1. The number of rotatable bonds is 4. The van der Waals surface area contributed by atoms with Gasteiger partial charge in [0.1, 0.15) is 5.75 Å². The van der Waals surface area contributed by atoms with E-state index in [0.29, 0.717) is 6.42 Å². The lowest BCUT2D eigenvalue weighted by atomic mass is 9.98. The Morgan fingerprint density at radius 3 is 2.57 bits per heavy atom. The van der Waals surface area contributed by atoms with Crippen molar-refractivity contribution in [2.24, 2.45) is 0 Å². The lowest BCUT2D eigenvalue weighted by molar-refractivity contribution is 0.157. The fraction of sp³-hybridized carbons (Fsp3) is 0.412. The fourth-order valence-electron chi connectivity index (χ4n) is 3.12. The maximum atomic E-state index is 13.0. The minimum atomic E-state index is -0.303. The monoisotopic (exact) mass is 288 g/mol. The van der Waals surface area contributed by atoms with E-state index in [2.05, 4.69) is 22.3 Å². The first-order valence-electron chi connectivity index (χ1n) is 7.51. The Morgan fingerprint density at radius 1 is 1.10 bits per heavy atom. The summed E-state index contributed by atoms with van der Waals surface area (Å²) < 4.78 is 13.0. The molecule has 4 heteroatoms. The van der Waals surface area contributed by atoms with Crippen LogP contribution >= 0.6 is 0 Å². The average molecular weight is 288 g/mol. The summed E-state index contributed by atoms with van der Waals surface area (Å²) in [5.74, 6) is 0.276. The molecule has 0 bridgehead atoms. The van der Waals surface area contributed by atoms with Crippen LogP contribution in [0.1, 0.15) is 18.0 Å². The minimum absolute atomic E-state index is 0.135. The third-order valence-electron chi connectivity index (χ3n) is 4.21. The summed E-state index contributed by atoms with van der Waals surface area (Å²) >= 11 is 0. The van der Waals surface area contributed by atoms with Gasteiger partial charge in [-0.2, -0.15) is 0 Å². The van der Waals surface area contributed by atoms with Gasteiger partial charge in [-0.3, -0.25) is 9.29 Å². The molecular formula is C17H21FN2O. The van der Waals surface area contributed by atoms with Crippen LogP contribution in [0.4, 0.5) is 4.39 Å². The van der Waals surface area contributed by atoms with Gasteiger partial charge in [0.2, 0.25) is 0 Å². The highest BCUT2D eigenvalue weighted by molar-refractivity contribution is 5.84. The molecule has 112 valence electrons. The third-order valence-corrected chi connectivity index (χ3v) is 4.21. The quantitative estimate of drug-likeness (QED) is 0.908. The molecule has 21 heavy (non-hydrogen) atoms. The maximum Gasteiger partial charge on any atom is 0.116 e. The molecule has 0 aromatic heterocycles. The molecule has 2 N–H and O–H groups in total. The van der Waals surface area contributed by atoms with Crippen molar-refractivity contribution in [3.63, 3.8) is 0 Å². The number of halogens is 1. The van der Waals surface area contributed by atoms with Crippen LogP contribution in [-0.2, 0) is 0 Å². The smallest absolute Gasteiger partial charge is 0.116 e. The van der Waals surface area contributed by atoms with E-state index in [0.717, 1.165) is 42.5 Å². The van der Waals surface area contributed by atoms with Crippen LogP contribution in [0, 0.1) is 0 Å². The van der Waals surface area contributed by atoms with Crippen molar-refractivity contribution in [3.8, 4) is 5.75 Å². The molecule has 0 unspecified atom stereocenters. The Bertz CT molecular complexity index is 611. The molecule has 1 saturated heterocycles. The van der Waals surface area contributed by atoms with E-state index in [-0.39, 0.29) is 18.5 Å². The van der Waals surface area contributed by atoms with Gasteiger partial charge in [-0.25, -0.2) is 0 Å². The van der Waals surface area contributed by atoms with Crippen molar-refractivity contribution in [1.82, 2.24) is 10.2 Å².